The van der Waals surface area contributed by atoms with Crippen molar-refractivity contribution in [1.29, 1.82) is 0 Å². The van der Waals surface area contributed by atoms with Crippen LogP contribution in [0, 0.1) is 6.92 Å². The molecule has 11 heavy (non-hydrogen) atoms. The predicted octanol–water partition coefficient (Wildman–Crippen LogP) is 1.43. The van der Waals surface area contributed by atoms with Crippen LogP contribution in [0.15, 0.2) is 4.42 Å². The highest BCUT2D eigenvalue weighted by Gasteiger charge is 2.06. The van der Waals surface area contributed by atoms with E-state index in [-0.39, 0.29) is 6.61 Å². The topological polar surface area (TPSA) is 46.3 Å². The molecule has 0 saturated carbocycles. The van der Waals surface area contributed by atoms with Crippen molar-refractivity contribution in [1.82, 2.24) is 4.98 Å². The third-order valence-electron chi connectivity index (χ3n) is 1.54. The van der Waals surface area contributed by atoms with Crippen molar-refractivity contribution in [3.05, 3.63) is 17.3 Å². The number of aryl methyl sites for hydroxylation is 2. The Bertz CT molecular complexity index is 230. The van der Waals surface area contributed by atoms with Crippen molar-refractivity contribution >= 4 is 0 Å². The number of aliphatic hydroxyl groups is 1. The molecule has 0 saturated heterocycles. The Morgan fingerprint density at radius 1 is 1.55 bits per heavy atom. The van der Waals surface area contributed by atoms with E-state index in [0.717, 1.165) is 24.4 Å². The van der Waals surface area contributed by atoms with Crippen LogP contribution in [0.4, 0.5) is 0 Å². The Labute approximate surface area is 66.1 Å². The molecule has 0 fully saturated rings. The first-order valence-electron chi connectivity index (χ1n) is 3.84. The van der Waals surface area contributed by atoms with Crippen LogP contribution < -0.4 is 0 Å². The quantitative estimate of drug-likeness (QED) is 0.718. The molecule has 3 heteroatoms. The first kappa shape index (κ1) is 8.27. The van der Waals surface area contributed by atoms with Crippen molar-refractivity contribution in [2.45, 2.75) is 33.3 Å². The minimum absolute atomic E-state index is 0.0530. The number of oxazole rings is 1. The van der Waals surface area contributed by atoms with Crippen LogP contribution in [-0.4, -0.2) is 10.1 Å². The zero-order chi connectivity index (χ0) is 8.27. The normalized spacial score (nSPS) is 10.5. The summed E-state index contributed by atoms with van der Waals surface area (Å²) < 4.78 is 5.24. The van der Waals surface area contributed by atoms with E-state index in [1.165, 1.54) is 0 Å². The van der Waals surface area contributed by atoms with Gasteiger partial charge in [0.15, 0.2) is 11.7 Å². The van der Waals surface area contributed by atoms with Gasteiger partial charge >= 0.3 is 0 Å². The molecule has 1 aromatic heterocycles. The second-order valence-corrected chi connectivity index (χ2v) is 2.52. The van der Waals surface area contributed by atoms with Crippen LogP contribution >= 0.6 is 0 Å². The Morgan fingerprint density at radius 3 is 2.73 bits per heavy atom. The lowest BCUT2D eigenvalue weighted by atomic mass is 10.3. The third-order valence-corrected chi connectivity index (χ3v) is 1.54. The molecular weight excluding hydrogens is 142 g/mol. The first-order chi connectivity index (χ1) is 5.27. The van der Waals surface area contributed by atoms with E-state index in [2.05, 4.69) is 11.9 Å². The summed E-state index contributed by atoms with van der Waals surface area (Å²) in [6.07, 6.45) is 1.87. The van der Waals surface area contributed by atoms with Gasteiger partial charge in [-0.15, -0.1) is 0 Å². The van der Waals surface area contributed by atoms with Gasteiger partial charge in [0.1, 0.15) is 6.61 Å². The molecular formula is C8H13NO2. The molecule has 0 spiro atoms. The van der Waals surface area contributed by atoms with Crippen molar-refractivity contribution in [3.8, 4) is 0 Å². The molecule has 1 N–H and O–H groups in total. The highest BCUT2D eigenvalue weighted by atomic mass is 16.4. The highest BCUT2D eigenvalue weighted by molar-refractivity contribution is 5.06. The number of hydrogen-bond donors (Lipinski definition) is 1. The number of aliphatic hydroxyl groups excluding tert-OH is 1. The van der Waals surface area contributed by atoms with Gasteiger partial charge in [-0.05, 0) is 13.3 Å². The van der Waals surface area contributed by atoms with E-state index >= 15 is 0 Å². The zero-order valence-corrected chi connectivity index (χ0v) is 6.92. The average molecular weight is 155 g/mol. The minimum atomic E-state index is -0.0530. The standard InChI is InChI=1S/C8H13NO2/c1-3-4-8-9-6(2)7(5-10)11-8/h10H,3-5H2,1-2H3. The molecule has 1 aromatic rings. The van der Waals surface area contributed by atoms with Crippen molar-refractivity contribution in [2.24, 2.45) is 0 Å². The lowest BCUT2D eigenvalue weighted by Crippen LogP contribution is -1.82. The second kappa shape index (κ2) is 3.53. The fourth-order valence-electron chi connectivity index (χ4n) is 0.956. The number of hydrogen-bond acceptors (Lipinski definition) is 3. The maximum atomic E-state index is 8.77. The maximum absolute atomic E-state index is 8.77. The Balaban J connectivity index is 2.77. The molecule has 0 atom stereocenters. The first-order valence-corrected chi connectivity index (χ1v) is 3.84. The van der Waals surface area contributed by atoms with Crippen LogP contribution in [0.2, 0.25) is 0 Å². The molecule has 0 aromatic carbocycles. The SMILES string of the molecule is CCCc1nc(C)c(CO)o1. The summed E-state index contributed by atoms with van der Waals surface area (Å²) >= 11 is 0. The summed E-state index contributed by atoms with van der Waals surface area (Å²) in [4.78, 5) is 4.14. The van der Waals surface area contributed by atoms with Crippen molar-refractivity contribution in [3.63, 3.8) is 0 Å². The molecule has 1 heterocycles. The average Bonchev–Trinajstić information content (AvgIpc) is 2.32. The summed E-state index contributed by atoms with van der Waals surface area (Å²) in [5.74, 6) is 1.32. The highest BCUT2D eigenvalue weighted by Crippen LogP contribution is 2.10. The number of aromatic nitrogens is 1. The molecule has 0 aliphatic heterocycles. The molecule has 0 radical (unpaired) electrons. The van der Waals surface area contributed by atoms with E-state index in [0.29, 0.717) is 5.76 Å². The zero-order valence-electron chi connectivity index (χ0n) is 6.92. The fourth-order valence-corrected chi connectivity index (χ4v) is 0.956. The summed E-state index contributed by atoms with van der Waals surface area (Å²) in [5, 5.41) is 8.77. The molecule has 0 aliphatic rings. The number of nitrogens with zero attached hydrogens (tertiary/aromatic N) is 1. The molecule has 62 valence electrons. The summed E-state index contributed by atoms with van der Waals surface area (Å²) in [7, 11) is 0. The monoisotopic (exact) mass is 155 g/mol. The van der Waals surface area contributed by atoms with Crippen LogP contribution in [-0.2, 0) is 13.0 Å². The molecule has 0 bridgehead atoms. The lowest BCUT2D eigenvalue weighted by Gasteiger charge is -1.87. The van der Waals surface area contributed by atoms with E-state index < -0.39 is 0 Å². The Hall–Kier alpha value is -0.830. The number of rotatable bonds is 3. The van der Waals surface area contributed by atoms with Gasteiger partial charge in [-0.25, -0.2) is 4.98 Å². The Morgan fingerprint density at radius 2 is 2.27 bits per heavy atom. The maximum Gasteiger partial charge on any atom is 0.194 e. The van der Waals surface area contributed by atoms with Gasteiger partial charge < -0.3 is 9.52 Å². The van der Waals surface area contributed by atoms with Crippen LogP contribution in [0.1, 0.15) is 30.7 Å². The van der Waals surface area contributed by atoms with Crippen molar-refractivity contribution < 1.29 is 9.52 Å². The smallest absolute Gasteiger partial charge is 0.194 e. The lowest BCUT2D eigenvalue weighted by molar-refractivity contribution is 0.242. The summed E-state index contributed by atoms with van der Waals surface area (Å²) in [5.41, 5.74) is 0.802. The van der Waals surface area contributed by atoms with Crippen LogP contribution in [0.25, 0.3) is 0 Å². The van der Waals surface area contributed by atoms with E-state index in [9.17, 15) is 0 Å². The van der Waals surface area contributed by atoms with Crippen molar-refractivity contribution in [2.75, 3.05) is 0 Å². The van der Waals surface area contributed by atoms with E-state index in [1.54, 1.807) is 0 Å². The third kappa shape index (κ3) is 1.80. The molecule has 0 amide bonds. The van der Waals surface area contributed by atoms with Gasteiger partial charge in [-0.2, -0.15) is 0 Å². The minimum Gasteiger partial charge on any atom is -0.443 e. The summed E-state index contributed by atoms with van der Waals surface area (Å²) in [6.45, 7) is 3.86. The van der Waals surface area contributed by atoms with Gasteiger partial charge in [-0.1, -0.05) is 6.92 Å². The van der Waals surface area contributed by atoms with Gasteiger partial charge in [0.2, 0.25) is 0 Å². The summed E-state index contributed by atoms with van der Waals surface area (Å²) in [6, 6.07) is 0. The predicted molar refractivity (Wildman–Crippen MR) is 41.2 cm³/mol. The molecule has 0 unspecified atom stereocenters. The second-order valence-electron chi connectivity index (χ2n) is 2.52. The molecule has 3 nitrogen and oxygen atoms in total. The van der Waals surface area contributed by atoms with Crippen LogP contribution in [0.5, 0.6) is 0 Å². The largest absolute Gasteiger partial charge is 0.443 e. The Kier molecular flexibility index (Phi) is 2.65. The molecule has 0 aliphatic carbocycles. The van der Waals surface area contributed by atoms with Gasteiger partial charge in [0.25, 0.3) is 0 Å². The van der Waals surface area contributed by atoms with Gasteiger partial charge in [0, 0.05) is 6.42 Å². The van der Waals surface area contributed by atoms with Gasteiger partial charge in [0.05, 0.1) is 5.69 Å². The van der Waals surface area contributed by atoms with E-state index in [4.69, 9.17) is 9.52 Å². The van der Waals surface area contributed by atoms with Crippen LogP contribution in [0.3, 0.4) is 0 Å². The van der Waals surface area contributed by atoms with E-state index in [1.807, 2.05) is 6.92 Å². The molecule has 1 rings (SSSR count). The fraction of sp³-hybridized carbons (Fsp3) is 0.625. The van der Waals surface area contributed by atoms with Gasteiger partial charge in [-0.3, -0.25) is 0 Å².